The SMILES string of the molecule is C#CCC(NCCC)c1ccccc1OC. The Morgan fingerprint density at radius 2 is 2.19 bits per heavy atom. The van der Waals surface area contributed by atoms with Gasteiger partial charge in [0.05, 0.1) is 7.11 Å². The Balaban J connectivity index is 2.87. The molecule has 1 N–H and O–H groups in total. The van der Waals surface area contributed by atoms with Crippen LogP contribution in [0.5, 0.6) is 5.75 Å². The third-order valence-electron chi connectivity index (χ3n) is 2.48. The molecule has 0 aliphatic carbocycles. The second-order valence-corrected chi connectivity index (χ2v) is 3.66. The molecule has 1 rings (SSSR count). The molecule has 0 saturated carbocycles. The zero-order valence-electron chi connectivity index (χ0n) is 9.99. The van der Waals surface area contributed by atoms with E-state index in [1.165, 1.54) is 0 Å². The van der Waals surface area contributed by atoms with E-state index in [1.807, 2.05) is 18.2 Å². The first-order valence-electron chi connectivity index (χ1n) is 5.63. The van der Waals surface area contributed by atoms with Crippen LogP contribution in [0, 0.1) is 12.3 Å². The van der Waals surface area contributed by atoms with Crippen LogP contribution in [0.1, 0.15) is 31.4 Å². The highest BCUT2D eigenvalue weighted by Crippen LogP contribution is 2.26. The van der Waals surface area contributed by atoms with E-state index in [2.05, 4.69) is 24.2 Å². The number of para-hydroxylation sites is 1. The van der Waals surface area contributed by atoms with Crippen LogP contribution in [-0.2, 0) is 0 Å². The molecule has 0 saturated heterocycles. The molecule has 0 radical (unpaired) electrons. The maximum absolute atomic E-state index is 5.40. The van der Waals surface area contributed by atoms with Gasteiger partial charge in [-0.1, -0.05) is 25.1 Å². The Hall–Kier alpha value is -1.46. The van der Waals surface area contributed by atoms with Gasteiger partial charge < -0.3 is 10.1 Å². The van der Waals surface area contributed by atoms with Crippen molar-refractivity contribution in [3.05, 3.63) is 29.8 Å². The highest BCUT2D eigenvalue weighted by atomic mass is 16.5. The highest BCUT2D eigenvalue weighted by Gasteiger charge is 2.13. The van der Waals surface area contributed by atoms with Gasteiger partial charge in [0.1, 0.15) is 5.75 Å². The van der Waals surface area contributed by atoms with Crippen LogP contribution in [0.25, 0.3) is 0 Å². The molecule has 0 aliphatic rings. The lowest BCUT2D eigenvalue weighted by Gasteiger charge is -2.19. The predicted molar refractivity (Wildman–Crippen MR) is 67.5 cm³/mol. The van der Waals surface area contributed by atoms with Crippen LogP contribution < -0.4 is 10.1 Å². The van der Waals surface area contributed by atoms with Crippen molar-refractivity contribution in [3.8, 4) is 18.1 Å². The third kappa shape index (κ3) is 3.29. The summed E-state index contributed by atoms with van der Waals surface area (Å²) in [4.78, 5) is 0. The Labute approximate surface area is 98.0 Å². The first-order chi connectivity index (χ1) is 7.83. The summed E-state index contributed by atoms with van der Waals surface area (Å²) in [6, 6.07) is 8.18. The lowest BCUT2D eigenvalue weighted by molar-refractivity contribution is 0.399. The first kappa shape index (κ1) is 12.6. The standard InChI is InChI=1S/C14H19NO/c1-4-8-13(15-11-5-2)12-9-6-7-10-14(12)16-3/h1,6-7,9-10,13,15H,5,8,11H2,2-3H3. The van der Waals surface area contributed by atoms with Gasteiger partial charge >= 0.3 is 0 Å². The van der Waals surface area contributed by atoms with Gasteiger partial charge in [0.15, 0.2) is 0 Å². The number of nitrogens with one attached hydrogen (secondary N) is 1. The zero-order valence-corrected chi connectivity index (χ0v) is 9.99. The number of benzene rings is 1. The van der Waals surface area contributed by atoms with Gasteiger partial charge in [-0.05, 0) is 19.0 Å². The molecule has 2 nitrogen and oxygen atoms in total. The summed E-state index contributed by atoms with van der Waals surface area (Å²) in [5, 5.41) is 3.44. The number of ether oxygens (including phenoxy) is 1. The summed E-state index contributed by atoms with van der Waals surface area (Å²) >= 11 is 0. The van der Waals surface area contributed by atoms with Crippen molar-refractivity contribution in [2.75, 3.05) is 13.7 Å². The molecule has 0 aromatic heterocycles. The fourth-order valence-corrected chi connectivity index (χ4v) is 1.68. The van der Waals surface area contributed by atoms with Crippen LogP contribution >= 0.6 is 0 Å². The third-order valence-corrected chi connectivity index (χ3v) is 2.48. The minimum absolute atomic E-state index is 0.182. The molecule has 1 unspecified atom stereocenters. The fourth-order valence-electron chi connectivity index (χ4n) is 1.68. The predicted octanol–water partition coefficient (Wildman–Crippen LogP) is 2.76. The van der Waals surface area contributed by atoms with Gasteiger partial charge in [-0.3, -0.25) is 0 Å². The number of hydrogen-bond donors (Lipinski definition) is 1. The van der Waals surface area contributed by atoms with Gasteiger partial charge in [-0.15, -0.1) is 12.3 Å². The molecular weight excluding hydrogens is 198 g/mol. The summed E-state index contributed by atoms with van der Waals surface area (Å²) in [5.74, 6) is 3.60. The van der Waals surface area contributed by atoms with E-state index in [4.69, 9.17) is 11.2 Å². The average Bonchev–Trinajstić information content (AvgIpc) is 2.34. The van der Waals surface area contributed by atoms with Crippen LogP contribution in [0.4, 0.5) is 0 Å². The monoisotopic (exact) mass is 217 g/mol. The van der Waals surface area contributed by atoms with Gasteiger partial charge in [0.25, 0.3) is 0 Å². The van der Waals surface area contributed by atoms with E-state index >= 15 is 0 Å². The maximum Gasteiger partial charge on any atom is 0.123 e. The van der Waals surface area contributed by atoms with Crippen LogP contribution in [0.3, 0.4) is 0 Å². The van der Waals surface area contributed by atoms with Crippen molar-refractivity contribution in [2.24, 2.45) is 0 Å². The Morgan fingerprint density at radius 3 is 2.81 bits per heavy atom. The normalized spacial score (nSPS) is 11.8. The summed E-state index contributed by atoms with van der Waals surface area (Å²) < 4.78 is 5.34. The van der Waals surface area contributed by atoms with Crippen molar-refractivity contribution in [1.29, 1.82) is 0 Å². The molecule has 1 aromatic carbocycles. The number of hydrogen-bond acceptors (Lipinski definition) is 2. The average molecular weight is 217 g/mol. The molecule has 0 bridgehead atoms. The van der Waals surface area contributed by atoms with E-state index in [-0.39, 0.29) is 6.04 Å². The summed E-state index contributed by atoms with van der Waals surface area (Å²) in [7, 11) is 1.69. The molecule has 86 valence electrons. The zero-order chi connectivity index (χ0) is 11.8. The number of methoxy groups -OCH3 is 1. The van der Waals surface area contributed by atoms with Gasteiger partial charge in [0, 0.05) is 18.0 Å². The maximum atomic E-state index is 5.40. The van der Waals surface area contributed by atoms with Crippen LogP contribution in [0.15, 0.2) is 24.3 Å². The van der Waals surface area contributed by atoms with Crippen molar-refractivity contribution < 1.29 is 4.74 Å². The molecule has 0 aliphatic heterocycles. The van der Waals surface area contributed by atoms with Crippen molar-refractivity contribution in [3.63, 3.8) is 0 Å². The molecule has 1 atom stereocenters. The van der Waals surface area contributed by atoms with Crippen molar-refractivity contribution in [2.45, 2.75) is 25.8 Å². The first-order valence-corrected chi connectivity index (χ1v) is 5.63. The molecule has 0 fully saturated rings. The lowest BCUT2D eigenvalue weighted by atomic mass is 10.0. The van der Waals surface area contributed by atoms with E-state index in [0.29, 0.717) is 6.42 Å². The van der Waals surface area contributed by atoms with Gasteiger partial charge in [-0.2, -0.15) is 0 Å². The number of rotatable bonds is 6. The molecule has 16 heavy (non-hydrogen) atoms. The molecule has 2 heteroatoms. The topological polar surface area (TPSA) is 21.3 Å². The Kier molecular flexibility index (Phi) is 5.45. The molecule has 0 heterocycles. The largest absolute Gasteiger partial charge is 0.496 e. The summed E-state index contributed by atoms with van der Waals surface area (Å²) in [6.07, 6.45) is 7.17. The fraction of sp³-hybridized carbons (Fsp3) is 0.429. The highest BCUT2D eigenvalue weighted by molar-refractivity contribution is 5.36. The van der Waals surface area contributed by atoms with Gasteiger partial charge in [-0.25, -0.2) is 0 Å². The van der Waals surface area contributed by atoms with E-state index in [1.54, 1.807) is 7.11 Å². The second-order valence-electron chi connectivity index (χ2n) is 3.66. The second kappa shape index (κ2) is 6.92. The Morgan fingerprint density at radius 1 is 1.44 bits per heavy atom. The minimum atomic E-state index is 0.182. The molecular formula is C14H19NO. The number of terminal acetylenes is 1. The van der Waals surface area contributed by atoms with Crippen LogP contribution in [0.2, 0.25) is 0 Å². The smallest absolute Gasteiger partial charge is 0.123 e. The minimum Gasteiger partial charge on any atom is -0.496 e. The molecule has 0 spiro atoms. The van der Waals surface area contributed by atoms with Gasteiger partial charge in [0.2, 0.25) is 0 Å². The lowest BCUT2D eigenvalue weighted by Crippen LogP contribution is -2.22. The summed E-state index contributed by atoms with van der Waals surface area (Å²) in [6.45, 7) is 3.10. The van der Waals surface area contributed by atoms with Crippen LogP contribution in [-0.4, -0.2) is 13.7 Å². The van der Waals surface area contributed by atoms with Crippen molar-refractivity contribution >= 4 is 0 Å². The summed E-state index contributed by atoms with van der Waals surface area (Å²) in [5.41, 5.74) is 1.14. The molecule has 1 aromatic rings. The van der Waals surface area contributed by atoms with Crippen molar-refractivity contribution in [1.82, 2.24) is 5.32 Å². The molecule has 0 amide bonds. The quantitative estimate of drug-likeness (QED) is 0.740. The Bertz CT molecular complexity index is 354. The van der Waals surface area contributed by atoms with E-state index in [0.717, 1.165) is 24.3 Å². The van der Waals surface area contributed by atoms with E-state index < -0.39 is 0 Å². The van der Waals surface area contributed by atoms with E-state index in [9.17, 15) is 0 Å².